The second-order valence-electron chi connectivity index (χ2n) is 6.57. The Morgan fingerprint density at radius 2 is 2.07 bits per heavy atom. The molecule has 9 nitrogen and oxygen atoms in total. The van der Waals surface area contributed by atoms with E-state index in [4.69, 9.17) is 4.74 Å². The van der Waals surface area contributed by atoms with Crippen LogP contribution in [-0.4, -0.2) is 55.3 Å². The van der Waals surface area contributed by atoms with E-state index in [-0.39, 0.29) is 5.56 Å². The number of H-pyrrole nitrogens is 2. The molecule has 0 fully saturated rings. The molecule has 9 heteroatoms. The summed E-state index contributed by atoms with van der Waals surface area (Å²) in [5, 5.41) is 4.59. The smallest absolute Gasteiger partial charge is 0.262 e. The Balaban J connectivity index is 1.44. The third-order valence-electron chi connectivity index (χ3n) is 4.54. The van der Waals surface area contributed by atoms with Crippen LogP contribution >= 0.6 is 0 Å². The summed E-state index contributed by atoms with van der Waals surface area (Å²) in [5.74, 6) is 2.33. The van der Waals surface area contributed by atoms with Crippen LogP contribution in [0.5, 0.6) is 5.75 Å². The van der Waals surface area contributed by atoms with Crippen molar-refractivity contribution in [3.05, 3.63) is 46.4 Å². The van der Waals surface area contributed by atoms with E-state index in [0.717, 1.165) is 35.6 Å². The zero-order valence-electron chi connectivity index (χ0n) is 15.5. The van der Waals surface area contributed by atoms with Crippen molar-refractivity contribution in [3.63, 3.8) is 0 Å². The lowest BCUT2D eigenvalue weighted by molar-refractivity contribution is 0.320. The maximum Gasteiger partial charge on any atom is 0.262 e. The highest BCUT2D eigenvalue weighted by Gasteiger charge is 2.11. The second kappa shape index (κ2) is 6.84. The van der Waals surface area contributed by atoms with Crippen LogP contribution in [0.3, 0.4) is 0 Å². The first-order chi connectivity index (χ1) is 13.0. The molecule has 140 valence electrons. The Morgan fingerprint density at radius 1 is 1.22 bits per heavy atom. The Bertz CT molecular complexity index is 1160. The molecule has 0 aliphatic carbocycles. The number of nitrogens with zero attached hydrogens (tertiary/aromatic N) is 5. The fourth-order valence-corrected chi connectivity index (χ4v) is 3.07. The normalized spacial score (nSPS) is 11.7. The monoisotopic (exact) mass is 367 g/mol. The van der Waals surface area contributed by atoms with Crippen LogP contribution < -0.4 is 10.3 Å². The largest absolute Gasteiger partial charge is 0.497 e. The van der Waals surface area contributed by atoms with Crippen molar-refractivity contribution in [1.82, 2.24) is 34.6 Å². The molecule has 0 saturated heterocycles. The van der Waals surface area contributed by atoms with Crippen LogP contribution in [0.25, 0.3) is 22.1 Å². The number of ether oxygens (including phenoxy) is 1. The van der Waals surface area contributed by atoms with Crippen LogP contribution in [0, 0.1) is 0 Å². The SMILES string of the molecule is COc1ccc2nc(CCN(C)Cc3nc4c(cnn4C)c(=O)[nH]3)[nH]c2c1. The van der Waals surface area contributed by atoms with E-state index in [1.54, 1.807) is 18.8 Å². The molecule has 0 aliphatic heterocycles. The Kier molecular flexibility index (Phi) is 4.36. The first kappa shape index (κ1) is 17.2. The van der Waals surface area contributed by atoms with Gasteiger partial charge in [-0.05, 0) is 19.2 Å². The van der Waals surface area contributed by atoms with Gasteiger partial charge in [0.15, 0.2) is 5.65 Å². The molecule has 2 N–H and O–H groups in total. The van der Waals surface area contributed by atoms with Gasteiger partial charge in [-0.15, -0.1) is 0 Å². The van der Waals surface area contributed by atoms with Crippen molar-refractivity contribution in [1.29, 1.82) is 0 Å². The fraction of sp³-hybridized carbons (Fsp3) is 0.333. The molecule has 3 aromatic heterocycles. The van der Waals surface area contributed by atoms with Crippen LogP contribution in [0.2, 0.25) is 0 Å². The third-order valence-corrected chi connectivity index (χ3v) is 4.54. The number of benzene rings is 1. The minimum atomic E-state index is -0.164. The summed E-state index contributed by atoms with van der Waals surface area (Å²) >= 11 is 0. The van der Waals surface area contributed by atoms with Crippen molar-refractivity contribution in [3.8, 4) is 5.75 Å². The summed E-state index contributed by atoms with van der Waals surface area (Å²) < 4.78 is 6.85. The molecule has 4 aromatic rings. The zero-order chi connectivity index (χ0) is 19.0. The molecule has 0 saturated carbocycles. The summed E-state index contributed by atoms with van der Waals surface area (Å²) in [5.41, 5.74) is 2.30. The molecule has 3 heterocycles. The molecule has 0 unspecified atom stereocenters. The summed E-state index contributed by atoms with van der Waals surface area (Å²) in [6.45, 7) is 1.30. The van der Waals surface area contributed by atoms with Gasteiger partial charge in [-0.1, -0.05) is 0 Å². The summed E-state index contributed by atoms with van der Waals surface area (Å²) in [6, 6.07) is 5.78. The molecular formula is C18H21N7O2. The molecule has 27 heavy (non-hydrogen) atoms. The number of nitrogens with one attached hydrogen (secondary N) is 2. The van der Waals surface area contributed by atoms with Gasteiger partial charge in [0.05, 0.1) is 30.9 Å². The van der Waals surface area contributed by atoms with E-state index < -0.39 is 0 Å². The molecule has 0 aliphatic rings. The number of aromatic amines is 2. The Morgan fingerprint density at radius 3 is 2.89 bits per heavy atom. The number of aryl methyl sites for hydroxylation is 1. The quantitative estimate of drug-likeness (QED) is 0.531. The highest BCUT2D eigenvalue weighted by atomic mass is 16.5. The lowest BCUT2D eigenvalue weighted by Gasteiger charge is -2.15. The molecule has 0 bridgehead atoms. The molecular weight excluding hydrogens is 346 g/mol. The fourth-order valence-electron chi connectivity index (χ4n) is 3.07. The summed E-state index contributed by atoms with van der Waals surface area (Å²) in [6.07, 6.45) is 2.29. The van der Waals surface area contributed by atoms with Crippen molar-refractivity contribution in [2.24, 2.45) is 7.05 Å². The van der Waals surface area contributed by atoms with Gasteiger partial charge in [0, 0.05) is 26.1 Å². The highest BCUT2D eigenvalue weighted by molar-refractivity contribution is 5.76. The summed E-state index contributed by atoms with van der Waals surface area (Å²) in [7, 11) is 5.41. The van der Waals surface area contributed by atoms with Gasteiger partial charge in [-0.2, -0.15) is 5.10 Å². The van der Waals surface area contributed by atoms with E-state index in [2.05, 4.69) is 29.9 Å². The minimum absolute atomic E-state index is 0.164. The van der Waals surface area contributed by atoms with E-state index in [1.165, 1.54) is 6.20 Å². The van der Waals surface area contributed by atoms with Gasteiger partial charge in [-0.25, -0.2) is 9.97 Å². The van der Waals surface area contributed by atoms with Gasteiger partial charge in [-0.3, -0.25) is 14.4 Å². The Hall–Kier alpha value is -3.20. The van der Waals surface area contributed by atoms with Crippen molar-refractivity contribution < 1.29 is 4.74 Å². The van der Waals surface area contributed by atoms with E-state index in [0.29, 0.717) is 23.4 Å². The number of fused-ring (bicyclic) bond motifs is 2. The van der Waals surface area contributed by atoms with Gasteiger partial charge in [0.1, 0.15) is 22.8 Å². The molecule has 4 rings (SSSR count). The van der Waals surface area contributed by atoms with Crippen molar-refractivity contribution in [2.45, 2.75) is 13.0 Å². The number of imidazole rings is 1. The minimum Gasteiger partial charge on any atom is -0.497 e. The molecule has 0 amide bonds. The van der Waals surface area contributed by atoms with Gasteiger partial charge in [0.25, 0.3) is 5.56 Å². The van der Waals surface area contributed by atoms with Crippen LogP contribution in [0.1, 0.15) is 11.6 Å². The second-order valence-corrected chi connectivity index (χ2v) is 6.57. The number of likely N-dealkylation sites (N-methyl/N-ethyl adjacent to an activating group) is 1. The average Bonchev–Trinajstić information content (AvgIpc) is 3.23. The maximum atomic E-state index is 12.1. The predicted molar refractivity (Wildman–Crippen MR) is 102 cm³/mol. The summed E-state index contributed by atoms with van der Waals surface area (Å²) in [4.78, 5) is 29.5. The molecule has 0 spiro atoms. The van der Waals surface area contributed by atoms with Crippen LogP contribution in [0.15, 0.2) is 29.2 Å². The topological polar surface area (TPSA) is 105 Å². The lowest BCUT2D eigenvalue weighted by atomic mass is 10.3. The van der Waals surface area contributed by atoms with Crippen LogP contribution in [0.4, 0.5) is 0 Å². The number of methoxy groups -OCH3 is 1. The van der Waals surface area contributed by atoms with Crippen LogP contribution in [-0.2, 0) is 20.0 Å². The number of hydrogen-bond acceptors (Lipinski definition) is 6. The van der Waals surface area contributed by atoms with Crippen molar-refractivity contribution in [2.75, 3.05) is 20.7 Å². The van der Waals surface area contributed by atoms with Gasteiger partial charge >= 0.3 is 0 Å². The molecule has 0 radical (unpaired) electrons. The van der Waals surface area contributed by atoms with E-state index >= 15 is 0 Å². The Labute approximate surface area is 155 Å². The number of aromatic nitrogens is 6. The first-order valence-corrected chi connectivity index (χ1v) is 8.65. The predicted octanol–water partition coefficient (Wildman–Crippen LogP) is 1.22. The van der Waals surface area contributed by atoms with Gasteiger partial charge < -0.3 is 14.7 Å². The standard InChI is InChI=1S/C18H21N7O2/c1-24(10-16-22-17-12(18(26)23-16)9-19-25(17)2)7-6-15-20-13-5-4-11(27-3)8-14(13)21-15/h4-5,8-9H,6-7,10H2,1-3H3,(H,20,21)(H,22,23,26). The van der Waals surface area contributed by atoms with Gasteiger partial charge in [0.2, 0.25) is 0 Å². The molecule has 0 atom stereocenters. The highest BCUT2D eigenvalue weighted by Crippen LogP contribution is 2.18. The average molecular weight is 367 g/mol. The number of hydrogen-bond donors (Lipinski definition) is 2. The van der Waals surface area contributed by atoms with E-state index in [9.17, 15) is 4.79 Å². The van der Waals surface area contributed by atoms with Crippen molar-refractivity contribution >= 4 is 22.1 Å². The van der Waals surface area contributed by atoms with E-state index in [1.807, 2.05) is 25.2 Å². The number of rotatable bonds is 6. The molecule has 1 aromatic carbocycles. The maximum absolute atomic E-state index is 12.1. The lowest BCUT2D eigenvalue weighted by Crippen LogP contribution is -2.24. The third kappa shape index (κ3) is 3.41. The first-order valence-electron chi connectivity index (χ1n) is 8.65. The zero-order valence-corrected chi connectivity index (χ0v) is 15.5.